The molecule has 2 aromatic rings. The van der Waals surface area contributed by atoms with Crippen LogP contribution >= 0.6 is 11.3 Å². The van der Waals surface area contributed by atoms with Crippen LogP contribution in [0.15, 0.2) is 22.4 Å². The summed E-state index contributed by atoms with van der Waals surface area (Å²) in [7, 11) is 0. The lowest BCUT2D eigenvalue weighted by Gasteiger charge is -2.17. The van der Waals surface area contributed by atoms with Gasteiger partial charge in [-0.05, 0) is 24.5 Å². The van der Waals surface area contributed by atoms with Crippen LogP contribution in [-0.4, -0.2) is 23.0 Å². The van der Waals surface area contributed by atoms with E-state index >= 15 is 0 Å². The zero-order chi connectivity index (χ0) is 11.5. The van der Waals surface area contributed by atoms with Gasteiger partial charge in [0, 0.05) is 18.3 Å². The Bertz CT molecular complexity index is 525. The van der Waals surface area contributed by atoms with E-state index in [1.165, 1.54) is 0 Å². The van der Waals surface area contributed by atoms with E-state index in [9.17, 15) is 4.79 Å². The number of rotatable bonds is 4. The molecule has 0 saturated carbocycles. The zero-order valence-electron chi connectivity index (χ0n) is 9.62. The predicted octanol–water partition coefficient (Wildman–Crippen LogP) is 2.43. The van der Waals surface area contributed by atoms with Gasteiger partial charge < -0.3 is 4.98 Å². The molecule has 0 bridgehead atoms. The van der Waals surface area contributed by atoms with Crippen LogP contribution in [0.4, 0.5) is 0 Å². The smallest absolute Gasteiger partial charge is 0.194 e. The van der Waals surface area contributed by atoms with Gasteiger partial charge in [-0.1, -0.05) is 13.8 Å². The highest BCUT2D eigenvalue weighted by Gasteiger charge is 2.08. The molecule has 3 nitrogen and oxygen atoms in total. The van der Waals surface area contributed by atoms with Crippen LogP contribution in [0, 0.1) is 0 Å². The van der Waals surface area contributed by atoms with Gasteiger partial charge in [-0.25, -0.2) is 0 Å². The summed E-state index contributed by atoms with van der Waals surface area (Å²) in [4.78, 5) is 18.5. The summed E-state index contributed by atoms with van der Waals surface area (Å²) in [6.45, 7) is 6.89. The van der Waals surface area contributed by atoms with Crippen molar-refractivity contribution in [1.29, 1.82) is 0 Å². The summed E-state index contributed by atoms with van der Waals surface area (Å²) >= 11 is 1.57. The molecule has 0 aliphatic heterocycles. The monoisotopic (exact) mass is 236 g/mol. The molecule has 0 atom stereocenters. The molecule has 0 aliphatic carbocycles. The third-order valence-electron chi connectivity index (χ3n) is 2.87. The third-order valence-corrected chi connectivity index (χ3v) is 3.71. The van der Waals surface area contributed by atoms with Gasteiger partial charge in [-0.15, -0.1) is 11.3 Å². The average molecular weight is 236 g/mol. The van der Waals surface area contributed by atoms with Crippen molar-refractivity contribution in [1.82, 2.24) is 9.88 Å². The topological polar surface area (TPSA) is 36.1 Å². The second-order valence-corrected chi connectivity index (χ2v) is 4.68. The van der Waals surface area contributed by atoms with E-state index in [2.05, 4.69) is 23.7 Å². The first-order chi connectivity index (χ1) is 7.76. The van der Waals surface area contributed by atoms with Crippen LogP contribution in [-0.2, 0) is 6.54 Å². The maximum atomic E-state index is 12.1. The third kappa shape index (κ3) is 2.03. The van der Waals surface area contributed by atoms with Crippen molar-refractivity contribution in [3.63, 3.8) is 0 Å². The van der Waals surface area contributed by atoms with Crippen molar-refractivity contribution in [3.8, 4) is 0 Å². The first-order valence-corrected chi connectivity index (χ1v) is 6.44. The minimum absolute atomic E-state index is 0.168. The molecule has 0 saturated heterocycles. The highest BCUT2D eigenvalue weighted by atomic mass is 32.1. The Kier molecular flexibility index (Phi) is 3.41. The Morgan fingerprint density at radius 2 is 2.12 bits per heavy atom. The average Bonchev–Trinajstić information content (AvgIpc) is 2.77. The number of aromatic amines is 1. The SMILES string of the molecule is CCN(CC)Cc1c[nH]c2sccc2c1=O. The quantitative estimate of drug-likeness (QED) is 0.885. The van der Waals surface area contributed by atoms with Gasteiger partial charge in [0.25, 0.3) is 0 Å². The summed E-state index contributed by atoms with van der Waals surface area (Å²) in [5, 5.41) is 2.76. The van der Waals surface area contributed by atoms with Crippen molar-refractivity contribution in [2.75, 3.05) is 13.1 Å². The molecule has 2 heterocycles. The fourth-order valence-corrected chi connectivity index (χ4v) is 2.55. The molecule has 16 heavy (non-hydrogen) atoms. The van der Waals surface area contributed by atoms with Crippen LogP contribution in [0.1, 0.15) is 19.4 Å². The molecule has 0 aromatic carbocycles. The lowest BCUT2D eigenvalue weighted by molar-refractivity contribution is 0.295. The number of nitrogens with zero attached hydrogens (tertiary/aromatic N) is 1. The van der Waals surface area contributed by atoms with Gasteiger partial charge in [0.05, 0.1) is 5.39 Å². The molecule has 2 rings (SSSR count). The van der Waals surface area contributed by atoms with Crippen LogP contribution in [0.5, 0.6) is 0 Å². The Labute approximate surface area is 98.7 Å². The van der Waals surface area contributed by atoms with Crippen LogP contribution < -0.4 is 5.43 Å². The molecule has 1 N–H and O–H groups in total. The van der Waals surface area contributed by atoms with Crippen molar-refractivity contribution in [2.45, 2.75) is 20.4 Å². The van der Waals surface area contributed by atoms with E-state index in [0.29, 0.717) is 0 Å². The van der Waals surface area contributed by atoms with E-state index in [0.717, 1.165) is 35.4 Å². The summed E-state index contributed by atoms with van der Waals surface area (Å²) in [6.07, 6.45) is 1.85. The molecular weight excluding hydrogens is 220 g/mol. The van der Waals surface area contributed by atoms with Crippen LogP contribution in [0.25, 0.3) is 10.2 Å². The Morgan fingerprint density at radius 3 is 2.81 bits per heavy atom. The lowest BCUT2D eigenvalue weighted by atomic mass is 10.2. The number of nitrogens with one attached hydrogen (secondary N) is 1. The molecule has 0 radical (unpaired) electrons. The maximum Gasteiger partial charge on any atom is 0.194 e. The fraction of sp³-hybridized carbons (Fsp3) is 0.417. The van der Waals surface area contributed by atoms with Crippen molar-refractivity contribution in [2.24, 2.45) is 0 Å². The minimum Gasteiger partial charge on any atom is -0.352 e. The highest BCUT2D eigenvalue weighted by molar-refractivity contribution is 7.16. The van der Waals surface area contributed by atoms with Crippen LogP contribution in [0.3, 0.4) is 0 Å². The van der Waals surface area contributed by atoms with E-state index in [1.807, 2.05) is 17.6 Å². The van der Waals surface area contributed by atoms with E-state index in [4.69, 9.17) is 0 Å². The number of aromatic nitrogens is 1. The van der Waals surface area contributed by atoms with E-state index in [1.54, 1.807) is 11.3 Å². The van der Waals surface area contributed by atoms with Crippen molar-refractivity contribution in [3.05, 3.63) is 33.4 Å². The van der Waals surface area contributed by atoms with E-state index in [-0.39, 0.29) is 5.43 Å². The van der Waals surface area contributed by atoms with Gasteiger partial charge in [-0.3, -0.25) is 9.69 Å². The molecule has 0 unspecified atom stereocenters. The first-order valence-electron chi connectivity index (χ1n) is 5.56. The molecule has 4 heteroatoms. The number of thiophene rings is 1. The Morgan fingerprint density at radius 1 is 1.38 bits per heavy atom. The number of hydrogen-bond acceptors (Lipinski definition) is 3. The molecule has 0 fully saturated rings. The Balaban J connectivity index is 2.37. The summed E-state index contributed by atoms with van der Waals surface area (Å²) in [5.41, 5.74) is 1.02. The fourth-order valence-electron chi connectivity index (χ4n) is 1.80. The first kappa shape index (κ1) is 11.4. The highest BCUT2D eigenvalue weighted by Crippen LogP contribution is 2.15. The molecule has 0 aliphatic rings. The molecule has 0 amide bonds. The summed E-state index contributed by atoms with van der Waals surface area (Å²) in [6, 6.07) is 1.89. The van der Waals surface area contributed by atoms with E-state index < -0.39 is 0 Å². The minimum atomic E-state index is 0.168. The summed E-state index contributed by atoms with van der Waals surface area (Å²) in [5.74, 6) is 0. The van der Waals surface area contributed by atoms with Gasteiger partial charge in [0.15, 0.2) is 5.43 Å². The Hall–Kier alpha value is -1.13. The van der Waals surface area contributed by atoms with Gasteiger partial charge in [0.1, 0.15) is 4.83 Å². The van der Waals surface area contributed by atoms with Crippen molar-refractivity contribution < 1.29 is 0 Å². The van der Waals surface area contributed by atoms with Crippen molar-refractivity contribution >= 4 is 21.6 Å². The lowest BCUT2D eigenvalue weighted by Crippen LogP contribution is -2.25. The second-order valence-electron chi connectivity index (χ2n) is 3.77. The normalized spacial score (nSPS) is 11.4. The second kappa shape index (κ2) is 4.80. The molecule has 86 valence electrons. The number of fused-ring (bicyclic) bond motifs is 1. The summed E-state index contributed by atoms with van der Waals surface area (Å²) < 4.78 is 0. The maximum absolute atomic E-state index is 12.1. The van der Waals surface area contributed by atoms with Gasteiger partial charge >= 0.3 is 0 Å². The zero-order valence-corrected chi connectivity index (χ0v) is 10.4. The molecule has 0 spiro atoms. The standard InChI is InChI=1S/C12H16N2OS/c1-3-14(4-2)8-9-7-13-12-10(11(9)15)5-6-16-12/h5-7H,3-4,8H2,1-2H3,(H,13,15). The number of pyridine rings is 1. The number of H-pyrrole nitrogens is 1. The molecular formula is C12H16N2OS. The van der Waals surface area contributed by atoms with Gasteiger partial charge in [-0.2, -0.15) is 0 Å². The number of hydrogen-bond donors (Lipinski definition) is 1. The van der Waals surface area contributed by atoms with Crippen LogP contribution in [0.2, 0.25) is 0 Å². The molecule has 2 aromatic heterocycles. The van der Waals surface area contributed by atoms with Gasteiger partial charge in [0.2, 0.25) is 0 Å². The predicted molar refractivity (Wildman–Crippen MR) is 69.1 cm³/mol. The largest absolute Gasteiger partial charge is 0.352 e.